The van der Waals surface area contributed by atoms with Crippen LogP contribution < -0.4 is 16.4 Å². The molecule has 0 radical (unpaired) electrons. The molecule has 1 heterocycles. The maximum absolute atomic E-state index is 11.8. The number of aliphatic imine (C=N–C) groups is 1. The van der Waals surface area contributed by atoms with Gasteiger partial charge in [0.25, 0.3) is 0 Å². The number of benzene rings is 2. The monoisotopic (exact) mass is 366 g/mol. The molecule has 1 fully saturated rings. The van der Waals surface area contributed by atoms with E-state index in [-0.39, 0.29) is 24.4 Å². The molecule has 4 N–H and O–H groups in total. The van der Waals surface area contributed by atoms with Crippen molar-refractivity contribution in [2.75, 3.05) is 6.54 Å². The second-order valence-corrected chi connectivity index (χ2v) is 6.25. The molecule has 7 nitrogen and oxygen atoms in total. The summed E-state index contributed by atoms with van der Waals surface area (Å²) >= 11 is 0. The van der Waals surface area contributed by atoms with E-state index >= 15 is 0 Å². The van der Waals surface area contributed by atoms with Crippen molar-refractivity contribution in [1.82, 2.24) is 10.6 Å². The van der Waals surface area contributed by atoms with Gasteiger partial charge in [-0.25, -0.2) is 4.79 Å². The van der Waals surface area contributed by atoms with Crippen molar-refractivity contribution in [2.24, 2.45) is 10.7 Å². The average Bonchev–Trinajstić information content (AvgIpc) is 2.64. The molecule has 1 aliphatic rings. The number of nitrogens with zero attached hydrogens (tertiary/aromatic N) is 1. The van der Waals surface area contributed by atoms with Crippen molar-refractivity contribution in [3.8, 4) is 0 Å². The van der Waals surface area contributed by atoms with Crippen molar-refractivity contribution in [1.29, 1.82) is 0 Å². The first-order chi connectivity index (χ1) is 13.1. The Hall–Kier alpha value is -3.19. The van der Waals surface area contributed by atoms with Gasteiger partial charge in [-0.3, -0.25) is 4.79 Å². The molecule has 0 bridgehead atoms. The van der Waals surface area contributed by atoms with Crippen molar-refractivity contribution in [2.45, 2.75) is 25.6 Å². The third-order valence-corrected chi connectivity index (χ3v) is 4.27. The lowest BCUT2D eigenvalue weighted by Gasteiger charge is -2.26. The van der Waals surface area contributed by atoms with Gasteiger partial charge in [0.15, 0.2) is 0 Å². The summed E-state index contributed by atoms with van der Waals surface area (Å²) < 4.78 is 5.09. The fraction of sp³-hybridized carbons (Fsp3) is 0.250. The number of carbonyl (C=O) groups is 2. The smallest absolute Gasteiger partial charge is 0.435 e. The van der Waals surface area contributed by atoms with Gasteiger partial charge in [-0.15, -0.1) is 0 Å². The van der Waals surface area contributed by atoms with Gasteiger partial charge in [0.05, 0.1) is 6.04 Å². The SMILES string of the molecule is NC(=NC(=O)OCc1ccccc1)c1ccc(CNC(=O)C2CCN2)cc1. The topological polar surface area (TPSA) is 106 Å². The van der Waals surface area contributed by atoms with E-state index in [4.69, 9.17) is 10.5 Å². The van der Waals surface area contributed by atoms with E-state index in [1.54, 1.807) is 12.1 Å². The molecule has 0 aromatic heterocycles. The van der Waals surface area contributed by atoms with E-state index in [9.17, 15) is 9.59 Å². The van der Waals surface area contributed by atoms with E-state index in [0.717, 1.165) is 24.1 Å². The number of ether oxygens (including phenoxy) is 1. The lowest BCUT2D eigenvalue weighted by molar-refractivity contribution is -0.124. The summed E-state index contributed by atoms with van der Waals surface area (Å²) in [5, 5.41) is 5.93. The Bertz CT molecular complexity index is 815. The average molecular weight is 366 g/mol. The Kier molecular flexibility index (Phi) is 6.17. The molecule has 2 amide bonds. The minimum absolute atomic E-state index is 0.00700. The zero-order chi connectivity index (χ0) is 19.1. The lowest BCUT2D eigenvalue weighted by Crippen LogP contribution is -2.52. The van der Waals surface area contributed by atoms with Gasteiger partial charge in [0.1, 0.15) is 12.4 Å². The molecule has 0 aliphatic carbocycles. The van der Waals surface area contributed by atoms with E-state index in [2.05, 4.69) is 15.6 Å². The first-order valence-corrected chi connectivity index (χ1v) is 8.77. The third-order valence-electron chi connectivity index (χ3n) is 4.27. The van der Waals surface area contributed by atoms with Crippen molar-refractivity contribution < 1.29 is 14.3 Å². The maximum atomic E-state index is 11.8. The van der Waals surface area contributed by atoms with Crippen LogP contribution in [0.15, 0.2) is 59.6 Å². The summed E-state index contributed by atoms with van der Waals surface area (Å²) in [5.74, 6) is 0.0925. The number of hydrogen-bond acceptors (Lipinski definition) is 4. The van der Waals surface area contributed by atoms with Gasteiger partial charge >= 0.3 is 6.09 Å². The fourth-order valence-electron chi connectivity index (χ4n) is 2.53. The minimum Gasteiger partial charge on any atom is -0.443 e. The molecule has 0 saturated carbocycles. The second-order valence-electron chi connectivity index (χ2n) is 6.25. The molecule has 140 valence electrons. The molecule has 1 saturated heterocycles. The Balaban J connectivity index is 1.49. The summed E-state index contributed by atoms with van der Waals surface area (Å²) in [6.45, 7) is 1.47. The molecule has 27 heavy (non-hydrogen) atoms. The highest BCUT2D eigenvalue weighted by atomic mass is 16.5. The summed E-state index contributed by atoms with van der Waals surface area (Å²) in [6.07, 6.45) is 0.138. The Morgan fingerprint density at radius 1 is 1.11 bits per heavy atom. The number of carbonyl (C=O) groups excluding carboxylic acids is 2. The second kappa shape index (κ2) is 8.95. The zero-order valence-corrected chi connectivity index (χ0v) is 14.9. The fourth-order valence-corrected chi connectivity index (χ4v) is 2.53. The summed E-state index contributed by atoms with van der Waals surface area (Å²) in [4.78, 5) is 27.4. The maximum Gasteiger partial charge on any atom is 0.435 e. The van der Waals surface area contributed by atoms with Gasteiger partial charge in [0, 0.05) is 12.1 Å². The van der Waals surface area contributed by atoms with Crippen LogP contribution in [0.1, 0.15) is 23.1 Å². The molecule has 1 atom stereocenters. The lowest BCUT2D eigenvalue weighted by atomic mass is 10.1. The zero-order valence-electron chi connectivity index (χ0n) is 14.9. The molecule has 0 spiro atoms. The van der Waals surface area contributed by atoms with Gasteiger partial charge in [-0.1, -0.05) is 54.6 Å². The minimum atomic E-state index is -0.735. The predicted molar refractivity (Wildman–Crippen MR) is 102 cm³/mol. The Morgan fingerprint density at radius 3 is 2.44 bits per heavy atom. The number of nitrogens with one attached hydrogen (secondary N) is 2. The van der Waals surface area contributed by atoms with Crippen LogP contribution in [0, 0.1) is 0 Å². The van der Waals surface area contributed by atoms with Crippen molar-refractivity contribution in [3.05, 3.63) is 71.3 Å². The molecular formula is C20H22N4O3. The van der Waals surface area contributed by atoms with Crippen LogP contribution in [0.25, 0.3) is 0 Å². The van der Waals surface area contributed by atoms with Crippen LogP contribution in [0.4, 0.5) is 4.79 Å². The van der Waals surface area contributed by atoms with Gasteiger partial charge in [-0.2, -0.15) is 4.99 Å². The van der Waals surface area contributed by atoms with E-state index < -0.39 is 6.09 Å². The van der Waals surface area contributed by atoms with Crippen LogP contribution in [0.5, 0.6) is 0 Å². The molecule has 3 rings (SSSR count). The summed E-state index contributed by atoms with van der Waals surface area (Å²) in [6, 6.07) is 16.5. The van der Waals surface area contributed by atoms with Crippen LogP contribution in [-0.2, 0) is 22.7 Å². The number of hydrogen-bond donors (Lipinski definition) is 3. The number of nitrogens with two attached hydrogens (primary N) is 1. The standard InChI is InChI=1S/C20H22N4O3/c21-18(24-20(26)27-13-15-4-2-1-3-5-15)16-8-6-14(7-9-16)12-23-19(25)17-10-11-22-17/h1-9,17,22H,10-13H2,(H,23,25)(H2,21,24,26). The van der Waals surface area contributed by atoms with Gasteiger partial charge < -0.3 is 21.1 Å². The Labute approximate surface area is 157 Å². The third kappa shape index (κ3) is 5.39. The number of rotatable bonds is 6. The van der Waals surface area contributed by atoms with Crippen LogP contribution in [0.2, 0.25) is 0 Å². The predicted octanol–water partition coefficient (Wildman–Crippen LogP) is 1.71. The van der Waals surface area contributed by atoms with E-state index in [1.165, 1.54) is 0 Å². The normalized spacial score (nSPS) is 16.3. The highest BCUT2D eigenvalue weighted by Crippen LogP contribution is 2.07. The highest BCUT2D eigenvalue weighted by Gasteiger charge is 2.23. The van der Waals surface area contributed by atoms with Crippen LogP contribution in [0.3, 0.4) is 0 Å². The van der Waals surface area contributed by atoms with Crippen LogP contribution >= 0.6 is 0 Å². The first-order valence-electron chi connectivity index (χ1n) is 8.77. The largest absolute Gasteiger partial charge is 0.443 e. The molecule has 1 unspecified atom stereocenters. The number of amidine groups is 1. The Morgan fingerprint density at radius 2 is 1.81 bits per heavy atom. The molecule has 2 aromatic rings. The quantitative estimate of drug-likeness (QED) is 0.533. The first kappa shape index (κ1) is 18.6. The molecule has 1 aliphatic heterocycles. The number of amides is 2. The van der Waals surface area contributed by atoms with Gasteiger partial charge in [0.2, 0.25) is 5.91 Å². The molecular weight excluding hydrogens is 344 g/mol. The van der Waals surface area contributed by atoms with Crippen LogP contribution in [-0.4, -0.2) is 30.4 Å². The summed E-state index contributed by atoms with van der Waals surface area (Å²) in [7, 11) is 0. The molecule has 2 aromatic carbocycles. The van der Waals surface area contributed by atoms with E-state index in [0.29, 0.717) is 12.1 Å². The van der Waals surface area contributed by atoms with Crippen molar-refractivity contribution >= 4 is 17.8 Å². The summed E-state index contributed by atoms with van der Waals surface area (Å²) in [5.41, 5.74) is 8.30. The van der Waals surface area contributed by atoms with Gasteiger partial charge in [-0.05, 0) is 24.1 Å². The molecule has 7 heteroatoms. The van der Waals surface area contributed by atoms with E-state index in [1.807, 2.05) is 42.5 Å². The highest BCUT2D eigenvalue weighted by molar-refractivity contribution is 6.02. The van der Waals surface area contributed by atoms with Crippen molar-refractivity contribution in [3.63, 3.8) is 0 Å².